The lowest BCUT2D eigenvalue weighted by atomic mass is 10.1. The number of hydrogen-bond acceptors (Lipinski definition) is 3. The summed E-state index contributed by atoms with van der Waals surface area (Å²) in [5.74, 6) is -0.0263. The number of carbonyl (C=O) groups is 1. The van der Waals surface area contributed by atoms with Gasteiger partial charge in [0.05, 0.1) is 0 Å². The Bertz CT molecular complexity index is 578. The molecule has 0 spiro atoms. The van der Waals surface area contributed by atoms with Crippen LogP contribution in [0.25, 0.3) is 0 Å². The van der Waals surface area contributed by atoms with Gasteiger partial charge in [-0.05, 0) is 50.1 Å². The standard InChI is InChI=1S/C16H22N4O/c1-3-17-15-7-6-14(12-13(15)2)16(21)18-8-4-10-20-11-5-9-19-20/h5-7,9,11-12,17H,3-4,8,10H2,1-2H3,(H,18,21). The first-order chi connectivity index (χ1) is 10.2. The van der Waals surface area contributed by atoms with E-state index in [9.17, 15) is 4.79 Å². The molecule has 112 valence electrons. The molecule has 0 aliphatic carbocycles. The molecule has 1 heterocycles. The fourth-order valence-electron chi connectivity index (χ4n) is 2.17. The number of nitrogens with zero attached hydrogens (tertiary/aromatic N) is 2. The van der Waals surface area contributed by atoms with Gasteiger partial charge >= 0.3 is 0 Å². The number of carbonyl (C=O) groups excluding carboxylic acids is 1. The van der Waals surface area contributed by atoms with Gasteiger partial charge < -0.3 is 10.6 Å². The van der Waals surface area contributed by atoms with Gasteiger partial charge in [-0.2, -0.15) is 5.10 Å². The van der Waals surface area contributed by atoms with Crippen LogP contribution < -0.4 is 10.6 Å². The molecule has 0 radical (unpaired) electrons. The minimum absolute atomic E-state index is 0.0263. The average molecular weight is 286 g/mol. The zero-order valence-corrected chi connectivity index (χ0v) is 12.6. The van der Waals surface area contributed by atoms with E-state index in [1.165, 1.54) is 0 Å². The first kappa shape index (κ1) is 15.1. The van der Waals surface area contributed by atoms with Crippen LogP contribution in [0, 0.1) is 6.92 Å². The van der Waals surface area contributed by atoms with Gasteiger partial charge in [0.25, 0.3) is 5.91 Å². The van der Waals surface area contributed by atoms with Gasteiger partial charge in [0.15, 0.2) is 0 Å². The molecular weight excluding hydrogens is 264 g/mol. The van der Waals surface area contributed by atoms with Crippen LogP contribution in [0.4, 0.5) is 5.69 Å². The number of aromatic nitrogens is 2. The summed E-state index contributed by atoms with van der Waals surface area (Å²) in [4.78, 5) is 12.1. The molecule has 5 nitrogen and oxygen atoms in total. The quantitative estimate of drug-likeness (QED) is 0.769. The predicted molar refractivity (Wildman–Crippen MR) is 84.5 cm³/mol. The Morgan fingerprint density at radius 1 is 1.38 bits per heavy atom. The Hall–Kier alpha value is -2.30. The van der Waals surface area contributed by atoms with E-state index in [-0.39, 0.29) is 5.91 Å². The van der Waals surface area contributed by atoms with Crippen LogP contribution in [0.3, 0.4) is 0 Å². The van der Waals surface area contributed by atoms with Crippen molar-refractivity contribution >= 4 is 11.6 Å². The largest absolute Gasteiger partial charge is 0.385 e. The van der Waals surface area contributed by atoms with Crippen molar-refractivity contribution in [2.45, 2.75) is 26.8 Å². The predicted octanol–water partition coefficient (Wildman–Crippen LogP) is 2.44. The highest BCUT2D eigenvalue weighted by atomic mass is 16.1. The van der Waals surface area contributed by atoms with E-state index in [0.29, 0.717) is 12.1 Å². The summed E-state index contributed by atoms with van der Waals surface area (Å²) in [5, 5.41) is 10.3. The van der Waals surface area contributed by atoms with Crippen LogP contribution in [0.5, 0.6) is 0 Å². The molecule has 0 saturated heterocycles. The van der Waals surface area contributed by atoms with Gasteiger partial charge in [0.1, 0.15) is 0 Å². The maximum atomic E-state index is 12.1. The van der Waals surface area contributed by atoms with Crippen LogP contribution >= 0.6 is 0 Å². The van der Waals surface area contributed by atoms with Crippen LogP contribution in [0.1, 0.15) is 29.3 Å². The highest BCUT2D eigenvalue weighted by Crippen LogP contribution is 2.16. The first-order valence-corrected chi connectivity index (χ1v) is 7.31. The van der Waals surface area contributed by atoms with Gasteiger partial charge in [-0.15, -0.1) is 0 Å². The molecule has 0 bridgehead atoms. The lowest BCUT2D eigenvalue weighted by Crippen LogP contribution is -2.25. The Kier molecular flexibility index (Phi) is 5.37. The van der Waals surface area contributed by atoms with Crippen LogP contribution in [0.2, 0.25) is 0 Å². The van der Waals surface area contributed by atoms with Gasteiger partial charge in [0.2, 0.25) is 0 Å². The molecule has 2 N–H and O–H groups in total. The molecule has 0 unspecified atom stereocenters. The molecule has 0 saturated carbocycles. The number of hydrogen-bond donors (Lipinski definition) is 2. The molecular formula is C16H22N4O. The van der Waals surface area contributed by atoms with Crippen molar-refractivity contribution in [2.24, 2.45) is 0 Å². The molecule has 1 aromatic heterocycles. The maximum Gasteiger partial charge on any atom is 0.251 e. The zero-order valence-electron chi connectivity index (χ0n) is 12.6. The number of rotatable bonds is 7. The van der Waals surface area contributed by atoms with E-state index in [2.05, 4.69) is 22.7 Å². The fourth-order valence-corrected chi connectivity index (χ4v) is 2.17. The van der Waals surface area contributed by atoms with Crippen molar-refractivity contribution in [3.8, 4) is 0 Å². The summed E-state index contributed by atoms with van der Waals surface area (Å²) >= 11 is 0. The summed E-state index contributed by atoms with van der Waals surface area (Å²) in [6.45, 7) is 6.39. The SMILES string of the molecule is CCNc1ccc(C(=O)NCCCn2cccn2)cc1C. The van der Waals surface area contributed by atoms with E-state index >= 15 is 0 Å². The van der Waals surface area contributed by atoms with Crippen LogP contribution in [-0.2, 0) is 6.54 Å². The molecule has 1 amide bonds. The number of anilines is 1. The number of nitrogens with one attached hydrogen (secondary N) is 2. The van der Waals surface area contributed by atoms with Crippen LogP contribution in [-0.4, -0.2) is 28.8 Å². The molecule has 21 heavy (non-hydrogen) atoms. The monoisotopic (exact) mass is 286 g/mol. The average Bonchev–Trinajstić information content (AvgIpc) is 2.99. The lowest BCUT2D eigenvalue weighted by molar-refractivity contribution is 0.0952. The van der Waals surface area contributed by atoms with E-state index in [1.54, 1.807) is 6.20 Å². The molecule has 5 heteroatoms. The molecule has 2 rings (SSSR count). The molecule has 0 aliphatic heterocycles. The highest BCUT2D eigenvalue weighted by Gasteiger charge is 2.06. The second-order valence-corrected chi connectivity index (χ2v) is 4.94. The van der Waals surface area contributed by atoms with Crippen LogP contribution in [0.15, 0.2) is 36.7 Å². The molecule has 0 atom stereocenters. The third-order valence-electron chi connectivity index (χ3n) is 3.26. The van der Waals surface area contributed by atoms with Crippen molar-refractivity contribution in [3.63, 3.8) is 0 Å². The highest BCUT2D eigenvalue weighted by molar-refractivity contribution is 5.94. The summed E-state index contributed by atoms with van der Waals surface area (Å²) in [6, 6.07) is 7.62. The lowest BCUT2D eigenvalue weighted by Gasteiger charge is -2.10. The normalized spacial score (nSPS) is 10.4. The number of aryl methyl sites for hydroxylation is 2. The number of benzene rings is 1. The van der Waals surface area contributed by atoms with E-state index < -0.39 is 0 Å². The third-order valence-corrected chi connectivity index (χ3v) is 3.26. The van der Waals surface area contributed by atoms with E-state index in [0.717, 1.165) is 30.8 Å². The summed E-state index contributed by atoms with van der Waals surface area (Å²) in [5.41, 5.74) is 2.86. The van der Waals surface area contributed by atoms with E-state index in [1.807, 2.05) is 42.1 Å². The van der Waals surface area contributed by atoms with Gasteiger partial charge in [-0.25, -0.2) is 0 Å². The molecule has 1 aromatic carbocycles. The second-order valence-electron chi connectivity index (χ2n) is 4.94. The Morgan fingerprint density at radius 3 is 2.90 bits per heavy atom. The topological polar surface area (TPSA) is 59.0 Å². The van der Waals surface area contributed by atoms with Gasteiger partial charge in [-0.3, -0.25) is 9.48 Å². The summed E-state index contributed by atoms with van der Waals surface area (Å²) in [7, 11) is 0. The summed E-state index contributed by atoms with van der Waals surface area (Å²) in [6.07, 6.45) is 4.54. The van der Waals surface area contributed by atoms with Crippen molar-refractivity contribution in [3.05, 3.63) is 47.8 Å². The molecule has 0 fully saturated rings. The van der Waals surface area contributed by atoms with Gasteiger partial charge in [0, 0.05) is 43.3 Å². The van der Waals surface area contributed by atoms with Crippen molar-refractivity contribution in [1.82, 2.24) is 15.1 Å². The smallest absolute Gasteiger partial charge is 0.251 e. The molecule has 2 aromatic rings. The minimum atomic E-state index is -0.0263. The van der Waals surface area contributed by atoms with Crippen molar-refractivity contribution in [2.75, 3.05) is 18.4 Å². The molecule has 0 aliphatic rings. The first-order valence-electron chi connectivity index (χ1n) is 7.31. The summed E-state index contributed by atoms with van der Waals surface area (Å²) < 4.78 is 1.86. The Morgan fingerprint density at radius 2 is 2.24 bits per heavy atom. The third kappa shape index (κ3) is 4.34. The Balaban J connectivity index is 1.81. The fraction of sp³-hybridized carbons (Fsp3) is 0.375. The van der Waals surface area contributed by atoms with Crippen molar-refractivity contribution in [1.29, 1.82) is 0 Å². The second kappa shape index (κ2) is 7.47. The van der Waals surface area contributed by atoms with Crippen molar-refractivity contribution < 1.29 is 4.79 Å². The number of amides is 1. The Labute approximate surface area is 125 Å². The zero-order chi connectivity index (χ0) is 15.1. The minimum Gasteiger partial charge on any atom is -0.385 e. The maximum absolute atomic E-state index is 12.1. The van der Waals surface area contributed by atoms with E-state index in [4.69, 9.17) is 0 Å². The van der Waals surface area contributed by atoms with Gasteiger partial charge in [-0.1, -0.05) is 0 Å².